The van der Waals surface area contributed by atoms with Crippen molar-refractivity contribution in [3.05, 3.63) is 58.2 Å². The number of rotatable bonds is 4. The van der Waals surface area contributed by atoms with E-state index in [4.69, 9.17) is 0 Å². The fourth-order valence-electron chi connectivity index (χ4n) is 1.61. The molecule has 5 heteroatoms. The first-order chi connectivity index (χ1) is 9.56. The third-order valence-electron chi connectivity index (χ3n) is 2.69. The van der Waals surface area contributed by atoms with Gasteiger partial charge >= 0.3 is 0 Å². The lowest BCUT2D eigenvalue weighted by Crippen LogP contribution is -2.21. The van der Waals surface area contributed by atoms with Crippen molar-refractivity contribution in [2.24, 2.45) is 0 Å². The van der Waals surface area contributed by atoms with Crippen LogP contribution >= 0.6 is 27.7 Å². The van der Waals surface area contributed by atoms with Crippen LogP contribution in [0.25, 0.3) is 0 Å². The second-order valence-electron chi connectivity index (χ2n) is 4.50. The predicted molar refractivity (Wildman–Crippen MR) is 86.0 cm³/mol. The predicted octanol–water partition coefficient (Wildman–Crippen LogP) is 3.84. The molecule has 0 radical (unpaired) electrons. The highest BCUT2D eigenvalue weighted by Gasteiger charge is 2.07. The summed E-state index contributed by atoms with van der Waals surface area (Å²) in [5.41, 5.74) is 1.89. The molecule has 2 rings (SSSR count). The monoisotopic (exact) mass is 350 g/mol. The second kappa shape index (κ2) is 6.90. The molecule has 0 bridgehead atoms. The zero-order chi connectivity index (χ0) is 14.5. The number of pyridine rings is 1. The number of hydrogen-bond donors (Lipinski definition) is 0. The molecule has 1 aromatic carbocycles. The van der Waals surface area contributed by atoms with Crippen LogP contribution in [0.4, 0.5) is 0 Å². The molecule has 0 unspecified atom stereocenters. The van der Waals surface area contributed by atoms with Crippen LogP contribution in [-0.2, 0) is 5.75 Å². The Hall–Kier alpha value is -1.33. The number of carbonyl (C=O) groups excluding carboxylic acids is 1. The molecule has 0 atom stereocenters. The third kappa shape index (κ3) is 4.08. The summed E-state index contributed by atoms with van der Waals surface area (Å²) in [6.07, 6.45) is 1.79. The summed E-state index contributed by atoms with van der Waals surface area (Å²) in [6.45, 7) is 0. The summed E-state index contributed by atoms with van der Waals surface area (Å²) in [4.78, 5) is 17.7. The number of nitrogens with zero attached hydrogens (tertiary/aromatic N) is 2. The summed E-state index contributed by atoms with van der Waals surface area (Å²) in [5.74, 6) is 0.865. The van der Waals surface area contributed by atoms with E-state index in [9.17, 15) is 4.79 Å². The van der Waals surface area contributed by atoms with Gasteiger partial charge in [0.25, 0.3) is 5.91 Å². The van der Waals surface area contributed by atoms with Crippen LogP contribution in [0.1, 0.15) is 15.9 Å². The van der Waals surface area contributed by atoms with Crippen molar-refractivity contribution in [2.45, 2.75) is 10.8 Å². The highest BCUT2D eigenvalue weighted by atomic mass is 79.9. The number of carbonyl (C=O) groups is 1. The third-order valence-corrected chi connectivity index (χ3v) is 4.18. The Bertz CT molecular complexity index is 582. The quantitative estimate of drug-likeness (QED) is 0.785. The van der Waals surface area contributed by atoms with Gasteiger partial charge in [0, 0.05) is 36.1 Å². The molecular formula is C15H15BrN2OS. The van der Waals surface area contributed by atoms with E-state index >= 15 is 0 Å². The Balaban J connectivity index is 1.97. The summed E-state index contributed by atoms with van der Waals surface area (Å²) in [5, 5.41) is 0.988. The van der Waals surface area contributed by atoms with E-state index in [1.54, 1.807) is 37.0 Å². The van der Waals surface area contributed by atoms with Crippen molar-refractivity contribution in [1.29, 1.82) is 0 Å². The van der Waals surface area contributed by atoms with Gasteiger partial charge in [-0.2, -0.15) is 0 Å². The fourth-order valence-corrected chi connectivity index (χ4v) is 2.64. The van der Waals surface area contributed by atoms with Gasteiger partial charge in [-0.1, -0.05) is 12.1 Å². The Morgan fingerprint density at radius 2 is 1.90 bits per heavy atom. The van der Waals surface area contributed by atoms with Crippen LogP contribution in [0.15, 0.2) is 52.1 Å². The minimum absolute atomic E-state index is 0.0266. The molecule has 0 saturated heterocycles. The van der Waals surface area contributed by atoms with Gasteiger partial charge in [0.05, 0.1) is 5.03 Å². The number of benzene rings is 1. The fraction of sp³-hybridized carbons (Fsp3) is 0.200. The maximum absolute atomic E-state index is 11.8. The standard InChI is InChI=1S/C15H15BrN2OS/c1-18(2)15(19)12-5-3-11(4-6-12)10-20-14-8-7-13(16)9-17-14/h3-9H,10H2,1-2H3. The average molecular weight is 351 g/mol. The molecule has 104 valence electrons. The van der Waals surface area contributed by atoms with Crippen LogP contribution in [0.2, 0.25) is 0 Å². The molecule has 2 aromatic rings. The van der Waals surface area contributed by atoms with E-state index in [1.807, 2.05) is 36.4 Å². The molecule has 0 fully saturated rings. The van der Waals surface area contributed by atoms with Crippen molar-refractivity contribution in [1.82, 2.24) is 9.88 Å². The molecule has 0 N–H and O–H groups in total. The van der Waals surface area contributed by atoms with E-state index in [0.29, 0.717) is 5.56 Å². The van der Waals surface area contributed by atoms with Gasteiger partial charge in [0.15, 0.2) is 0 Å². The smallest absolute Gasteiger partial charge is 0.253 e. The number of thioether (sulfide) groups is 1. The maximum Gasteiger partial charge on any atom is 0.253 e. The van der Waals surface area contributed by atoms with Crippen molar-refractivity contribution in [3.63, 3.8) is 0 Å². The van der Waals surface area contributed by atoms with Gasteiger partial charge in [0.1, 0.15) is 0 Å². The zero-order valence-electron chi connectivity index (χ0n) is 11.3. The second-order valence-corrected chi connectivity index (χ2v) is 6.41. The van der Waals surface area contributed by atoms with Gasteiger partial charge in [0.2, 0.25) is 0 Å². The molecule has 20 heavy (non-hydrogen) atoms. The van der Waals surface area contributed by atoms with Crippen molar-refractivity contribution < 1.29 is 4.79 Å². The molecule has 3 nitrogen and oxygen atoms in total. The number of hydrogen-bond acceptors (Lipinski definition) is 3. The minimum atomic E-state index is 0.0266. The normalized spacial score (nSPS) is 10.3. The van der Waals surface area contributed by atoms with Gasteiger partial charge in [-0.05, 0) is 45.8 Å². The highest BCUT2D eigenvalue weighted by molar-refractivity contribution is 9.10. The molecular weight excluding hydrogens is 336 g/mol. The maximum atomic E-state index is 11.8. The van der Waals surface area contributed by atoms with Crippen LogP contribution in [0.5, 0.6) is 0 Å². The first-order valence-electron chi connectivity index (χ1n) is 6.11. The molecule has 0 aliphatic rings. The number of amides is 1. The largest absolute Gasteiger partial charge is 0.345 e. The first-order valence-corrected chi connectivity index (χ1v) is 7.89. The Kier molecular flexibility index (Phi) is 5.20. The summed E-state index contributed by atoms with van der Waals surface area (Å²) in [7, 11) is 3.51. The van der Waals surface area contributed by atoms with Gasteiger partial charge in [-0.3, -0.25) is 4.79 Å². The summed E-state index contributed by atoms with van der Waals surface area (Å²) < 4.78 is 0.980. The zero-order valence-corrected chi connectivity index (χ0v) is 13.7. The highest BCUT2D eigenvalue weighted by Crippen LogP contribution is 2.22. The van der Waals surface area contributed by atoms with Crippen LogP contribution in [-0.4, -0.2) is 29.9 Å². The average Bonchev–Trinajstić information content (AvgIpc) is 2.46. The van der Waals surface area contributed by atoms with Gasteiger partial charge in [-0.25, -0.2) is 4.98 Å². The Morgan fingerprint density at radius 1 is 1.20 bits per heavy atom. The van der Waals surface area contributed by atoms with E-state index in [2.05, 4.69) is 20.9 Å². The molecule has 0 spiro atoms. The summed E-state index contributed by atoms with van der Waals surface area (Å²) in [6, 6.07) is 11.7. The SMILES string of the molecule is CN(C)C(=O)c1ccc(CSc2ccc(Br)cn2)cc1. The molecule has 1 amide bonds. The number of halogens is 1. The Morgan fingerprint density at radius 3 is 2.45 bits per heavy atom. The molecule has 0 saturated carbocycles. The van der Waals surface area contributed by atoms with Crippen LogP contribution in [0.3, 0.4) is 0 Å². The summed E-state index contributed by atoms with van der Waals surface area (Å²) >= 11 is 5.04. The topological polar surface area (TPSA) is 33.2 Å². The van der Waals surface area contributed by atoms with Crippen molar-refractivity contribution in [3.8, 4) is 0 Å². The van der Waals surface area contributed by atoms with Gasteiger partial charge < -0.3 is 4.90 Å². The molecule has 1 aromatic heterocycles. The number of aromatic nitrogens is 1. The Labute approximate surface area is 131 Å². The lowest BCUT2D eigenvalue weighted by Gasteiger charge is -2.10. The van der Waals surface area contributed by atoms with Crippen molar-refractivity contribution >= 4 is 33.6 Å². The van der Waals surface area contributed by atoms with Crippen LogP contribution < -0.4 is 0 Å². The minimum Gasteiger partial charge on any atom is -0.345 e. The molecule has 1 heterocycles. The molecule has 0 aliphatic carbocycles. The van der Waals surface area contributed by atoms with E-state index in [1.165, 1.54) is 5.56 Å². The lowest BCUT2D eigenvalue weighted by molar-refractivity contribution is 0.0827. The first kappa shape index (κ1) is 15.1. The van der Waals surface area contributed by atoms with E-state index < -0.39 is 0 Å². The van der Waals surface area contributed by atoms with Crippen LogP contribution in [0, 0.1) is 0 Å². The van der Waals surface area contributed by atoms with E-state index in [0.717, 1.165) is 15.3 Å². The van der Waals surface area contributed by atoms with E-state index in [-0.39, 0.29) is 5.91 Å². The van der Waals surface area contributed by atoms with Gasteiger partial charge in [-0.15, -0.1) is 11.8 Å². The van der Waals surface area contributed by atoms with Crippen molar-refractivity contribution in [2.75, 3.05) is 14.1 Å². The molecule has 0 aliphatic heterocycles. The lowest BCUT2D eigenvalue weighted by atomic mass is 10.1.